The summed E-state index contributed by atoms with van der Waals surface area (Å²) in [7, 11) is -3.87. The maximum absolute atomic E-state index is 13.2. The molecule has 0 amide bonds. The third kappa shape index (κ3) is 6.67. The van der Waals surface area contributed by atoms with Gasteiger partial charge in [0.15, 0.2) is 11.6 Å². The van der Waals surface area contributed by atoms with Crippen molar-refractivity contribution in [3.63, 3.8) is 0 Å². The van der Waals surface area contributed by atoms with Crippen LogP contribution in [0.4, 0.5) is 14.5 Å². The average molecular weight is 476 g/mol. The monoisotopic (exact) mass is 475 g/mol. The molecular weight excluding hydrogens is 452 g/mol. The Morgan fingerprint density at radius 3 is 2.52 bits per heavy atom. The quantitative estimate of drug-likeness (QED) is 0.338. The summed E-state index contributed by atoms with van der Waals surface area (Å²) in [6.07, 6.45) is 3.11. The highest BCUT2D eigenvalue weighted by Crippen LogP contribution is 2.24. The summed E-state index contributed by atoms with van der Waals surface area (Å²) in [5, 5.41) is 10.9. The van der Waals surface area contributed by atoms with E-state index in [1.54, 1.807) is 6.07 Å². The Balaban J connectivity index is 0.00000341. The van der Waals surface area contributed by atoms with Crippen LogP contribution in [0.3, 0.4) is 0 Å². The van der Waals surface area contributed by atoms with E-state index in [1.807, 2.05) is 6.07 Å². The number of sulfonamides is 1. The summed E-state index contributed by atoms with van der Waals surface area (Å²) in [5.41, 5.74) is 2.22. The second kappa shape index (κ2) is 10.9. The Bertz CT molecular complexity index is 1040. The van der Waals surface area contributed by atoms with Gasteiger partial charge in [0, 0.05) is 31.8 Å². The number of nitro groups is 1. The fourth-order valence-corrected chi connectivity index (χ4v) is 4.56. The van der Waals surface area contributed by atoms with E-state index in [0.29, 0.717) is 19.0 Å². The number of halogens is 3. The predicted molar refractivity (Wildman–Crippen MR) is 115 cm³/mol. The van der Waals surface area contributed by atoms with E-state index in [0.717, 1.165) is 55.6 Å². The van der Waals surface area contributed by atoms with E-state index in [1.165, 1.54) is 6.07 Å². The molecule has 1 aliphatic heterocycles. The predicted octanol–water partition coefficient (Wildman–Crippen LogP) is 3.80. The van der Waals surface area contributed by atoms with Crippen LogP contribution in [0.5, 0.6) is 0 Å². The van der Waals surface area contributed by atoms with Crippen molar-refractivity contribution < 1.29 is 22.1 Å². The first-order chi connectivity index (χ1) is 14.3. The lowest BCUT2D eigenvalue weighted by Crippen LogP contribution is -2.31. The van der Waals surface area contributed by atoms with E-state index in [-0.39, 0.29) is 34.5 Å². The molecule has 0 bridgehead atoms. The summed E-state index contributed by atoms with van der Waals surface area (Å²) in [4.78, 5) is 12.5. The number of hydrogen-bond donors (Lipinski definition) is 1. The fraction of sp³-hybridized carbons (Fsp3) is 0.400. The molecule has 0 radical (unpaired) electrons. The third-order valence-electron chi connectivity index (χ3n) is 5.14. The second-order valence-electron chi connectivity index (χ2n) is 7.27. The van der Waals surface area contributed by atoms with Crippen LogP contribution in [0.15, 0.2) is 41.3 Å². The number of fused-ring (bicyclic) bond motifs is 1. The van der Waals surface area contributed by atoms with Gasteiger partial charge in [-0.2, -0.15) is 0 Å². The molecule has 0 atom stereocenters. The van der Waals surface area contributed by atoms with Crippen molar-refractivity contribution in [2.45, 2.75) is 37.1 Å². The van der Waals surface area contributed by atoms with Crippen LogP contribution in [-0.2, 0) is 23.0 Å². The molecule has 1 N–H and O–H groups in total. The van der Waals surface area contributed by atoms with Crippen LogP contribution < -0.4 is 4.72 Å². The molecule has 0 spiro atoms. The van der Waals surface area contributed by atoms with Gasteiger partial charge in [0.05, 0.1) is 9.82 Å². The highest BCUT2D eigenvalue weighted by Gasteiger charge is 2.19. The molecule has 2 aromatic carbocycles. The molecule has 7 nitrogen and oxygen atoms in total. The van der Waals surface area contributed by atoms with Crippen molar-refractivity contribution in [1.82, 2.24) is 9.62 Å². The number of non-ortho nitro benzene ring substituents is 1. The molecule has 2 aromatic rings. The third-order valence-corrected chi connectivity index (χ3v) is 6.60. The Morgan fingerprint density at radius 2 is 1.81 bits per heavy atom. The summed E-state index contributed by atoms with van der Waals surface area (Å²) in [5.74, 6) is -2.30. The molecule has 0 saturated carbocycles. The summed E-state index contributed by atoms with van der Waals surface area (Å²) in [6, 6.07) is 7.47. The number of nitrogens with zero attached hydrogens (tertiary/aromatic N) is 2. The molecule has 170 valence electrons. The number of unbranched alkanes of at least 4 members (excludes halogenated alkanes) is 2. The minimum atomic E-state index is -3.87. The lowest BCUT2D eigenvalue weighted by Gasteiger charge is -2.28. The highest BCUT2D eigenvalue weighted by molar-refractivity contribution is 7.89. The first kappa shape index (κ1) is 25.1. The molecular formula is C20H24ClF2N3O4S. The van der Waals surface area contributed by atoms with E-state index >= 15 is 0 Å². The molecule has 11 heteroatoms. The highest BCUT2D eigenvalue weighted by atomic mass is 35.5. The molecule has 0 aliphatic carbocycles. The molecule has 31 heavy (non-hydrogen) atoms. The molecule has 0 unspecified atom stereocenters. The van der Waals surface area contributed by atoms with Gasteiger partial charge in [-0.3, -0.25) is 15.0 Å². The first-order valence-corrected chi connectivity index (χ1v) is 11.2. The zero-order valence-corrected chi connectivity index (χ0v) is 18.4. The lowest BCUT2D eigenvalue weighted by molar-refractivity contribution is -0.385. The van der Waals surface area contributed by atoms with Crippen molar-refractivity contribution in [3.05, 3.63) is 69.3 Å². The number of rotatable bonds is 9. The topological polar surface area (TPSA) is 92.6 Å². The van der Waals surface area contributed by atoms with Crippen molar-refractivity contribution in [2.24, 2.45) is 0 Å². The Morgan fingerprint density at radius 1 is 1.03 bits per heavy atom. The smallest absolute Gasteiger partial charge is 0.269 e. The molecule has 0 saturated heterocycles. The van der Waals surface area contributed by atoms with Gasteiger partial charge in [0.2, 0.25) is 10.0 Å². The maximum Gasteiger partial charge on any atom is 0.269 e. The molecule has 1 heterocycles. The van der Waals surface area contributed by atoms with E-state index in [2.05, 4.69) is 9.62 Å². The number of benzene rings is 2. The van der Waals surface area contributed by atoms with Gasteiger partial charge in [0.1, 0.15) is 0 Å². The van der Waals surface area contributed by atoms with Crippen LogP contribution in [0, 0.1) is 21.7 Å². The van der Waals surface area contributed by atoms with Crippen molar-refractivity contribution in [2.75, 3.05) is 19.6 Å². The van der Waals surface area contributed by atoms with Gasteiger partial charge in [-0.25, -0.2) is 21.9 Å². The van der Waals surface area contributed by atoms with Gasteiger partial charge in [-0.1, -0.05) is 12.5 Å². The standard InChI is InChI=1S/C20H23F2N3O4S.ClH/c21-19-7-6-18(13-20(19)22)30(28,29)23-9-2-1-3-10-24-11-8-15-4-5-17(25(26)27)12-16(15)14-24;/h4-7,12-13,23H,1-3,8-11,14H2;1H. The van der Waals surface area contributed by atoms with Crippen LogP contribution in [0.2, 0.25) is 0 Å². The largest absolute Gasteiger partial charge is 0.299 e. The Kier molecular flexibility index (Phi) is 8.87. The van der Waals surface area contributed by atoms with Crippen LogP contribution in [0.1, 0.15) is 30.4 Å². The number of nitrogens with one attached hydrogen (secondary N) is 1. The molecule has 1 aliphatic rings. The normalized spacial score (nSPS) is 14.0. The zero-order valence-electron chi connectivity index (χ0n) is 16.7. The summed E-state index contributed by atoms with van der Waals surface area (Å²) < 4.78 is 52.8. The van der Waals surface area contributed by atoms with Gasteiger partial charge < -0.3 is 0 Å². The van der Waals surface area contributed by atoms with E-state index < -0.39 is 21.7 Å². The average Bonchev–Trinajstić information content (AvgIpc) is 2.71. The SMILES string of the molecule is Cl.O=[N+]([O-])c1ccc2c(c1)CN(CCCCCNS(=O)(=O)c1ccc(F)c(F)c1)CC2. The second-order valence-corrected chi connectivity index (χ2v) is 9.04. The zero-order chi connectivity index (χ0) is 21.7. The number of hydrogen-bond acceptors (Lipinski definition) is 5. The minimum Gasteiger partial charge on any atom is -0.299 e. The van der Waals surface area contributed by atoms with Crippen molar-refractivity contribution in [1.29, 1.82) is 0 Å². The van der Waals surface area contributed by atoms with Crippen molar-refractivity contribution in [3.8, 4) is 0 Å². The van der Waals surface area contributed by atoms with Crippen LogP contribution in [0.25, 0.3) is 0 Å². The van der Waals surface area contributed by atoms with Gasteiger partial charge in [-0.15, -0.1) is 12.4 Å². The minimum absolute atomic E-state index is 0. The van der Waals surface area contributed by atoms with E-state index in [9.17, 15) is 27.3 Å². The molecule has 3 rings (SSSR count). The van der Waals surface area contributed by atoms with Crippen LogP contribution in [-0.4, -0.2) is 37.9 Å². The Hall–Kier alpha value is -2.14. The maximum atomic E-state index is 13.2. The lowest BCUT2D eigenvalue weighted by atomic mass is 9.99. The van der Waals surface area contributed by atoms with Gasteiger partial charge in [-0.05, 0) is 55.1 Å². The number of nitro benzene ring substituents is 1. The molecule has 0 aromatic heterocycles. The van der Waals surface area contributed by atoms with Gasteiger partial charge in [0.25, 0.3) is 5.69 Å². The van der Waals surface area contributed by atoms with E-state index in [4.69, 9.17) is 0 Å². The molecule has 0 fully saturated rings. The van der Waals surface area contributed by atoms with Crippen LogP contribution >= 0.6 is 12.4 Å². The van der Waals surface area contributed by atoms with Crippen molar-refractivity contribution >= 4 is 28.1 Å². The first-order valence-electron chi connectivity index (χ1n) is 9.69. The summed E-state index contributed by atoms with van der Waals surface area (Å²) >= 11 is 0. The Labute approximate surface area is 186 Å². The fourth-order valence-electron chi connectivity index (χ4n) is 3.48. The summed E-state index contributed by atoms with van der Waals surface area (Å²) in [6.45, 7) is 2.57. The van der Waals surface area contributed by atoms with Gasteiger partial charge >= 0.3 is 0 Å².